The molecule has 2 aromatic carbocycles. The van der Waals surface area contributed by atoms with Gasteiger partial charge >= 0.3 is 0 Å². The lowest BCUT2D eigenvalue weighted by molar-refractivity contribution is -0.137. The normalized spacial score (nSPS) is 14.0. The molecule has 0 spiro atoms. The molecule has 0 fully saturated rings. The van der Waals surface area contributed by atoms with E-state index in [-0.39, 0.29) is 23.7 Å². The number of rotatable bonds is 8. The van der Waals surface area contributed by atoms with Crippen LogP contribution in [0.4, 0.5) is 11.4 Å². The number of methoxy groups -OCH3 is 1. The summed E-state index contributed by atoms with van der Waals surface area (Å²) in [6, 6.07) is 12.3. The number of sulfonamides is 1. The maximum atomic E-state index is 12.6. The van der Waals surface area contributed by atoms with Crippen molar-refractivity contribution in [1.82, 2.24) is 4.90 Å². The molecule has 0 bridgehead atoms. The number of hydrogen-bond acceptors (Lipinski definition) is 7. The first-order valence-electron chi connectivity index (χ1n) is 8.57. The van der Waals surface area contributed by atoms with E-state index in [1.54, 1.807) is 24.3 Å². The van der Waals surface area contributed by atoms with Crippen LogP contribution in [-0.4, -0.2) is 50.5 Å². The van der Waals surface area contributed by atoms with E-state index in [1.165, 1.54) is 31.4 Å². The fraction of sp³-hybridized carbons (Fsp3) is 0.158. The molecule has 2 amide bonds. The Kier molecular flexibility index (Phi) is 5.85. The zero-order valence-corrected chi connectivity index (χ0v) is 16.3. The number of carbonyl (C=O) groups excluding carboxylic acids is 2. The number of nitrogens with one attached hydrogen (secondary N) is 2. The minimum Gasteiger partial charge on any atom is -0.495 e. The van der Waals surface area contributed by atoms with E-state index in [9.17, 15) is 18.0 Å². The van der Waals surface area contributed by atoms with E-state index >= 15 is 0 Å². The quantitative estimate of drug-likeness (QED) is 0.550. The van der Waals surface area contributed by atoms with Gasteiger partial charge in [0, 0.05) is 11.8 Å². The van der Waals surface area contributed by atoms with Gasteiger partial charge in [0.25, 0.3) is 21.8 Å². The Morgan fingerprint density at radius 2 is 1.76 bits per heavy atom. The maximum Gasteiger partial charge on any atom is 0.277 e. The van der Waals surface area contributed by atoms with Crippen molar-refractivity contribution in [3.8, 4) is 5.75 Å². The Bertz CT molecular complexity index is 1060. The van der Waals surface area contributed by atoms with Gasteiger partial charge in [0.15, 0.2) is 0 Å². The molecule has 0 saturated carbocycles. The van der Waals surface area contributed by atoms with Gasteiger partial charge in [0.05, 0.1) is 30.8 Å². The zero-order chi connectivity index (χ0) is 21.0. The third-order valence-corrected chi connectivity index (χ3v) is 5.51. The molecule has 152 valence electrons. The van der Waals surface area contributed by atoms with E-state index in [2.05, 4.69) is 10.0 Å². The van der Waals surface area contributed by atoms with Crippen LogP contribution >= 0.6 is 0 Å². The van der Waals surface area contributed by atoms with Crippen molar-refractivity contribution in [2.45, 2.75) is 4.90 Å². The summed E-state index contributed by atoms with van der Waals surface area (Å²) in [4.78, 5) is 24.8. The molecule has 9 nitrogen and oxygen atoms in total. The Balaban J connectivity index is 1.74. The second-order valence-electron chi connectivity index (χ2n) is 6.03. The fourth-order valence-electron chi connectivity index (χ4n) is 2.72. The molecular weight excluding hydrogens is 398 g/mol. The number of benzene rings is 2. The van der Waals surface area contributed by atoms with Gasteiger partial charge in [-0.3, -0.25) is 19.2 Å². The van der Waals surface area contributed by atoms with Gasteiger partial charge in [-0.25, -0.2) is 8.42 Å². The highest BCUT2D eigenvalue weighted by molar-refractivity contribution is 7.92. The van der Waals surface area contributed by atoms with Gasteiger partial charge in [0.1, 0.15) is 11.4 Å². The van der Waals surface area contributed by atoms with Gasteiger partial charge in [-0.2, -0.15) is 0 Å². The lowest BCUT2D eigenvalue weighted by Crippen LogP contribution is -2.34. The van der Waals surface area contributed by atoms with Crippen LogP contribution in [0, 0.1) is 0 Å². The van der Waals surface area contributed by atoms with Gasteiger partial charge in [0.2, 0.25) is 0 Å². The molecule has 1 aliphatic rings. The molecule has 0 atom stereocenters. The number of amides is 2. The summed E-state index contributed by atoms with van der Waals surface area (Å²) >= 11 is 0. The van der Waals surface area contributed by atoms with Crippen molar-refractivity contribution in [2.75, 3.05) is 30.3 Å². The van der Waals surface area contributed by atoms with Crippen molar-refractivity contribution < 1.29 is 27.9 Å². The first-order valence-corrected chi connectivity index (χ1v) is 10.1. The number of aliphatic hydroxyl groups is 1. The summed E-state index contributed by atoms with van der Waals surface area (Å²) in [5.74, 6) is -0.691. The Morgan fingerprint density at radius 1 is 1.07 bits per heavy atom. The fourth-order valence-corrected chi connectivity index (χ4v) is 3.79. The summed E-state index contributed by atoms with van der Waals surface area (Å²) in [5.41, 5.74) is 0.784. The molecule has 1 heterocycles. The highest BCUT2D eigenvalue weighted by atomic mass is 32.2. The minimum atomic E-state index is -3.86. The molecule has 0 saturated heterocycles. The standard InChI is InChI=1S/C19H19N3O6S/c1-28-17-5-3-2-4-15(17)21-29(26,27)14-8-6-13(7-9-14)20-16-12-18(24)22(10-11-23)19(16)25/h2-9,12,20-21,23H,10-11H2,1H3. The lowest BCUT2D eigenvalue weighted by Gasteiger charge is -2.14. The van der Waals surface area contributed by atoms with Crippen molar-refractivity contribution >= 4 is 33.2 Å². The summed E-state index contributed by atoms with van der Waals surface area (Å²) < 4.78 is 32.8. The van der Waals surface area contributed by atoms with Crippen molar-refractivity contribution in [1.29, 1.82) is 0 Å². The van der Waals surface area contributed by atoms with Crippen LogP contribution in [0.1, 0.15) is 0 Å². The number of β-amino-alcohol motifs (C(OH)–C–C–N with tert-alkyl or cyclic N) is 1. The largest absolute Gasteiger partial charge is 0.495 e. The van der Waals surface area contributed by atoms with Crippen LogP contribution in [0.2, 0.25) is 0 Å². The average Bonchev–Trinajstić information content (AvgIpc) is 2.96. The first kappa shape index (κ1) is 20.4. The van der Waals surface area contributed by atoms with Crippen molar-refractivity contribution in [2.24, 2.45) is 0 Å². The van der Waals surface area contributed by atoms with Gasteiger partial charge in [-0.1, -0.05) is 12.1 Å². The number of carbonyl (C=O) groups is 2. The van der Waals surface area contributed by atoms with Gasteiger partial charge < -0.3 is 15.2 Å². The average molecular weight is 417 g/mol. The SMILES string of the molecule is COc1ccccc1NS(=O)(=O)c1ccc(NC2=CC(=O)N(CCO)C2=O)cc1. The molecule has 0 radical (unpaired) electrons. The van der Waals surface area contributed by atoms with Crippen LogP contribution in [0.3, 0.4) is 0 Å². The Labute approximate surface area is 167 Å². The van der Waals surface area contributed by atoms with Gasteiger partial charge in [-0.05, 0) is 36.4 Å². The number of aliphatic hydroxyl groups excluding tert-OH is 1. The Morgan fingerprint density at radius 3 is 2.41 bits per heavy atom. The van der Waals surface area contributed by atoms with Crippen LogP contribution < -0.4 is 14.8 Å². The lowest BCUT2D eigenvalue weighted by atomic mass is 10.3. The highest BCUT2D eigenvalue weighted by Crippen LogP contribution is 2.27. The summed E-state index contributed by atoms with van der Waals surface area (Å²) in [6.07, 6.45) is 1.13. The van der Waals surface area contributed by atoms with Crippen molar-refractivity contribution in [3.63, 3.8) is 0 Å². The number of anilines is 2. The molecule has 1 aliphatic heterocycles. The molecule has 0 aliphatic carbocycles. The number of ether oxygens (including phenoxy) is 1. The molecule has 3 rings (SSSR count). The second-order valence-corrected chi connectivity index (χ2v) is 7.71. The van der Waals surface area contributed by atoms with Crippen molar-refractivity contribution in [3.05, 3.63) is 60.3 Å². The first-order chi connectivity index (χ1) is 13.9. The monoisotopic (exact) mass is 417 g/mol. The number of para-hydroxylation sites is 2. The van der Waals surface area contributed by atoms with Crippen LogP contribution in [0.15, 0.2) is 65.2 Å². The van der Waals surface area contributed by atoms with E-state index in [0.29, 0.717) is 17.1 Å². The maximum absolute atomic E-state index is 12.6. The highest BCUT2D eigenvalue weighted by Gasteiger charge is 2.30. The molecule has 29 heavy (non-hydrogen) atoms. The third kappa shape index (κ3) is 4.39. The summed E-state index contributed by atoms with van der Waals surface area (Å²) in [6.45, 7) is -0.421. The molecule has 0 aromatic heterocycles. The number of nitrogens with zero attached hydrogens (tertiary/aromatic N) is 1. The van der Waals surface area contributed by atoms with E-state index in [4.69, 9.17) is 9.84 Å². The molecule has 2 aromatic rings. The van der Waals surface area contributed by atoms with Gasteiger partial charge in [-0.15, -0.1) is 0 Å². The summed E-state index contributed by atoms with van der Waals surface area (Å²) in [7, 11) is -2.41. The Hall–Kier alpha value is -3.37. The summed E-state index contributed by atoms with van der Waals surface area (Å²) in [5, 5.41) is 11.7. The number of hydrogen-bond donors (Lipinski definition) is 3. The zero-order valence-electron chi connectivity index (χ0n) is 15.5. The molecule has 3 N–H and O–H groups in total. The molecule has 0 unspecified atom stereocenters. The van der Waals surface area contributed by atoms with E-state index < -0.39 is 21.8 Å². The van der Waals surface area contributed by atoms with E-state index in [1.807, 2.05) is 0 Å². The van der Waals surface area contributed by atoms with Crippen LogP contribution in [0.5, 0.6) is 5.75 Å². The second kappa shape index (κ2) is 8.33. The van der Waals surface area contributed by atoms with Crippen LogP contribution in [0.25, 0.3) is 0 Å². The minimum absolute atomic E-state index is 0.0127. The van der Waals surface area contributed by atoms with Crippen LogP contribution in [-0.2, 0) is 19.6 Å². The third-order valence-electron chi connectivity index (χ3n) is 4.13. The number of imide groups is 1. The topological polar surface area (TPSA) is 125 Å². The van der Waals surface area contributed by atoms with E-state index in [0.717, 1.165) is 11.0 Å². The predicted molar refractivity (Wildman–Crippen MR) is 106 cm³/mol. The molecular formula is C19H19N3O6S. The molecule has 10 heteroatoms. The smallest absolute Gasteiger partial charge is 0.277 e. The predicted octanol–water partition coefficient (Wildman–Crippen LogP) is 1.15.